The average Bonchev–Trinajstić information content (AvgIpc) is 2.14. The predicted octanol–water partition coefficient (Wildman–Crippen LogP) is 1.12. The van der Waals surface area contributed by atoms with Crippen molar-refractivity contribution < 1.29 is 18.3 Å². The van der Waals surface area contributed by atoms with Crippen molar-refractivity contribution in [1.82, 2.24) is 0 Å². The van der Waals surface area contributed by atoms with E-state index >= 15 is 0 Å². The highest BCUT2D eigenvalue weighted by Gasteiger charge is 2.03. The Kier molecular flexibility index (Phi) is 3.63. The summed E-state index contributed by atoms with van der Waals surface area (Å²) in [6, 6.07) is 5.70. The number of benzene rings is 1. The number of carbonyl (C=O) groups is 1. The monoisotopic (exact) mass is 211 g/mol. The molecule has 3 nitrogen and oxygen atoms in total. The molecule has 1 aromatic rings. The Balaban J connectivity index is 2.84. The zero-order chi connectivity index (χ0) is 11.3. The quantitative estimate of drug-likeness (QED) is 0.745. The lowest BCUT2D eigenvalue weighted by Crippen LogP contribution is -2.06. The molecule has 0 aliphatic rings. The summed E-state index contributed by atoms with van der Waals surface area (Å²) in [5, 5.41) is 0. The Labute approximate surface area is 84.8 Å². The van der Waals surface area contributed by atoms with E-state index in [2.05, 4.69) is 16.6 Å². The van der Waals surface area contributed by atoms with Gasteiger partial charge in [-0.05, 0) is 24.1 Å². The number of hydrogen-bond acceptors (Lipinski definition) is 2. The van der Waals surface area contributed by atoms with Crippen LogP contribution in [0.5, 0.6) is 5.75 Å². The highest BCUT2D eigenvalue weighted by molar-refractivity contribution is 5.92. The lowest BCUT2D eigenvalue weighted by molar-refractivity contribution is -0.112. The molecule has 0 spiro atoms. The van der Waals surface area contributed by atoms with Crippen LogP contribution in [0.2, 0.25) is 0 Å². The Morgan fingerprint density at radius 1 is 1.47 bits per heavy atom. The van der Waals surface area contributed by atoms with Gasteiger partial charge in [0.1, 0.15) is 5.75 Å². The van der Waals surface area contributed by atoms with Crippen molar-refractivity contribution in [3.63, 3.8) is 0 Å². The zero-order valence-corrected chi connectivity index (χ0v) is 7.54. The molecule has 0 heterocycles. The van der Waals surface area contributed by atoms with Crippen LogP contribution in [0, 0.1) is 11.8 Å². The van der Waals surface area contributed by atoms with E-state index in [0.717, 1.165) is 0 Å². The average molecular weight is 211 g/mol. The van der Waals surface area contributed by atoms with Crippen LogP contribution in [0.1, 0.15) is 5.56 Å². The fraction of sp³-hybridized carbons (Fsp3) is 0.100. The smallest absolute Gasteiger partial charge is 0.387 e. The number of rotatable bonds is 2. The van der Waals surface area contributed by atoms with Crippen LogP contribution >= 0.6 is 0 Å². The molecule has 0 aliphatic carbocycles. The van der Waals surface area contributed by atoms with Crippen LogP contribution in [0.4, 0.5) is 8.78 Å². The molecule has 1 aromatic carbocycles. The minimum atomic E-state index is -2.88. The first-order valence-corrected chi connectivity index (χ1v) is 3.94. The maximum atomic E-state index is 11.8. The third-order valence-electron chi connectivity index (χ3n) is 1.39. The second kappa shape index (κ2) is 4.96. The number of amides is 1. The van der Waals surface area contributed by atoms with Crippen LogP contribution in [0.15, 0.2) is 24.3 Å². The predicted molar refractivity (Wildman–Crippen MR) is 49.1 cm³/mol. The molecule has 0 atom stereocenters. The number of halogens is 2. The Morgan fingerprint density at radius 3 is 2.80 bits per heavy atom. The zero-order valence-electron chi connectivity index (χ0n) is 7.54. The number of carbonyl (C=O) groups excluding carboxylic acids is 1. The summed E-state index contributed by atoms with van der Waals surface area (Å²) in [6.45, 7) is -2.88. The number of hydrogen-bond donors (Lipinski definition) is 1. The minimum Gasteiger partial charge on any atom is -0.435 e. The van der Waals surface area contributed by atoms with E-state index in [1.165, 1.54) is 18.2 Å². The van der Waals surface area contributed by atoms with Crippen molar-refractivity contribution in [2.75, 3.05) is 0 Å². The van der Waals surface area contributed by atoms with Crippen LogP contribution in [0.3, 0.4) is 0 Å². The Morgan fingerprint density at radius 2 is 2.20 bits per heavy atom. The highest BCUT2D eigenvalue weighted by Crippen LogP contribution is 2.14. The summed E-state index contributed by atoms with van der Waals surface area (Å²) >= 11 is 0. The molecule has 0 fully saturated rings. The fourth-order valence-corrected chi connectivity index (χ4v) is 0.884. The summed E-state index contributed by atoms with van der Waals surface area (Å²) < 4.78 is 27.8. The Hall–Kier alpha value is -2.09. The molecular formula is C10H7F2NO2. The maximum absolute atomic E-state index is 11.8. The molecule has 0 saturated carbocycles. The third kappa shape index (κ3) is 4.09. The molecule has 1 amide bonds. The van der Waals surface area contributed by atoms with Crippen molar-refractivity contribution in [3.05, 3.63) is 29.8 Å². The number of ether oxygens (including phenoxy) is 1. The molecule has 2 N–H and O–H groups in total. The van der Waals surface area contributed by atoms with E-state index in [-0.39, 0.29) is 5.75 Å². The Bertz CT molecular complexity index is 421. The van der Waals surface area contributed by atoms with Gasteiger partial charge in [-0.3, -0.25) is 4.79 Å². The van der Waals surface area contributed by atoms with Crippen molar-refractivity contribution in [2.45, 2.75) is 6.61 Å². The first-order valence-electron chi connectivity index (χ1n) is 3.94. The van der Waals surface area contributed by atoms with Crippen LogP contribution in [0.25, 0.3) is 0 Å². The first kappa shape index (κ1) is 11.0. The van der Waals surface area contributed by atoms with E-state index in [1.807, 2.05) is 0 Å². The molecule has 78 valence electrons. The van der Waals surface area contributed by atoms with Crippen molar-refractivity contribution >= 4 is 5.91 Å². The second-order valence-electron chi connectivity index (χ2n) is 2.52. The van der Waals surface area contributed by atoms with E-state index in [4.69, 9.17) is 5.73 Å². The second-order valence-corrected chi connectivity index (χ2v) is 2.52. The lowest BCUT2D eigenvalue weighted by Gasteiger charge is -2.03. The summed E-state index contributed by atoms with van der Waals surface area (Å²) in [5.41, 5.74) is 5.18. The maximum Gasteiger partial charge on any atom is 0.387 e. The molecular weight excluding hydrogens is 204 g/mol. The molecule has 0 unspecified atom stereocenters. The minimum absolute atomic E-state index is 0.0127. The third-order valence-corrected chi connectivity index (χ3v) is 1.39. The van der Waals surface area contributed by atoms with E-state index in [0.29, 0.717) is 5.56 Å². The normalized spacial score (nSPS) is 9.27. The molecule has 0 aromatic heterocycles. The van der Waals surface area contributed by atoms with E-state index < -0.39 is 12.5 Å². The van der Waals surface area contributed by atoms with Crippen molar-refractivity contribution in [2.24, 2.45) is 5.73 Å². The largest absolute Gasteiger partial charge is 0.435 e. The number of primary amides is 1. The van der Waals surface area contributed by atoms with Gasteiger partial charge in [0.2, 0.25) is 0 Å². The van der Waals surface area contributed by atoms with E-state index in [1.54, 1.807) is 6.07 Å². The molecule has 5 heteroatoms. The van der Waals surface area contributed by atoms with Gasteiger partial charge >= 0.3 is 6.61 Å². The van der Waals surface area contributed by atoms with Crippen LogP contribution < -0.4 is 10.5 Å². The lowest BCUT2D eigenvalue weighted by atomic mass is 10.2. The number of nitrogens with two attached hydrogens (primary N) is 1. The van der Waals surface area contributed by atoms with E-state index in [9.17, 15) is 13.6 Å². The summed E-state index contributed by atoms with van der Waals surface area (Å²) in [5.74, 6) is 3.70. The molecule has 0 radical (unpaired) electrons. The fourth-order valence-electron chi connectivity index (χ4n) is 0.884. The summed E-state index contributed by atoms with van der Waals surface area (Å²) in [7, 11) is 0. The summed E-state index contributed by atoms with van der Waals surface area (Å²) in [6.07, 6.45) is 0. The first-order chi connectivity index (χ1) is 7.08. The molecule has 15 heavy (non-hydrogen) atoms. The molecule has 0 saturated heterocycles. The number of alkyl halides is 2. The van der Waals surface area contributed by atoms with Gasteiger partial charge in [-0.1, -0.05) is 12.0 Å². The van der Waals surface area contributed by atoms with Crippen molar-refractivity contribution in [3.8, 4) is 17.6 Å². The highest BCUT2D eigenvalue weighted by atomic mass is 19.3. The van der Waals surface area contributed by atoms with Gasteiger partial charge < -0.3 is 10.5 Å². The molecule has 0 aliphatic heterocycles. The standard InChI is InChI=1S/C10H7F2NO2/c11-10(12)15-8-3-1-2-7(6-8)4-5-9(13)14/h1-3,6,10H,(H2,13,14). The molecule has 0 bridgehead atoms. The van der Waals surface area contributed by atoms with Gasteiger partial charge in [-0.25, -0.2) is 0 Å². The topological polar surface area (TPSA) is 52.3 Å². The van der Waals surface area contributed by atoms with Gasteiger partial charge in [0, 0.05) is 5.56 Å². The van der Waals surface area contributed by atoms with Gasteiger partial charge in [0.05, 0.1) is 0 Å². The van der Waals surface area contributed by atoms with Gasteiger partial charge in [0.15, 0.2) is 0 Å². The van der Waals surface area contributed by atoms with Crippen LogP contribution in [-0.2, 0) is 4.79 Å². The van der Waals surface area contributed by atoms with Gasteiger partial charge in [0.25, 0.3) is 5.91 Å². The molecule has 1 rings (SSSR count). The SMILES string of the molecule is NC(=O)C#Cc1cccc(OC(F)F)c1. The van der Waals surface area contributed by atoms with Gasteiger partial charge in [-0.2, -0.15) is 8.78 Å². The summed E-state index contributed by atoms with van der Waals surface area (Å²) in [4.78, 5) is 10.3. The van der Waals surface area contributed by atoms with Crippen molar-refractivity contribution in [1.29, 1.82) is 0 Å². The van der Waals surface area contributed by atoms with Crippen LogP contribution in [-0.4, -0.2) is 12.5 Å². The van der Waals surface area contributed by atoms with Gasteiger partial charge in [-0.15, -0.1) is 0 Å².